The number of hydrogen-bond acceptors (Lipinski definition) is 3. The molecule has 0 spiro atoms. The van der Waals surface area contributed by atoms with Gasteiger partial charge in [0.2, 0.25) is 0 Å². The van der Waals surface area contributed by atoms with Gasteiger partial charge >= 0.3 is 11.8 Å². The Kier molecular flexibility index (Phi) is 5.46. The monoisotopic (exact) mass is 336 g/mol. The van der Waals surface area contributed by atoms with Gasteiger partial charge in [0.05, 0.1) is 5.69 Å². The van der Waals surface area contributed by atoms with Crippen LogP contribution in [0, 0.1) is 0 Å². The number of benzene rings is 2. The molecule has 0 unspecified atom stereocenters. The molecular formula is C20H20N2O3. The lowest BCUT2D eigenvalue weighted by molar-refractivity contribution is 0.240. The zero-order valence-corrected chi connectivity index (χ0v) is 13.9. The number of nitrogens with one attached hydrogen (secondary N) is 1. The Bertz CT molecular complexity index is 867. The molecule has 2 aromatic carbocycles. The predicted molar refractivity (Wildman–Crippen MR) is 96.6 cm³/mol. The van der Waals surface area contributed by atoms with Gasteiger partial charge in [-0.3, -0.25) is 0 Å². The molecular weight excluding hydrogens is 316 g/mol. The van der Waals surface area contributed by atoms with Crippen molar-refractivity contribution in [1.82, 2.24) is 9.88 Å². The molecule has 1 heterocycles. The van der Waals surface area contributed by atoms with E-state index in [4.69, 9.17) is 4.42 Å². The zero-order chi connectivity index (χ0) is 17.5. The van der Waals surface area contributed by atoms with Gasteiger partial charge in [-0.1, -0.05) is 60.7 Å². The van der Waals surface area contributed by atoms with Gasteiger partial charge in [-0.05, 0) is 24.8 Å². The molecule has 25 heavy (non-hydrogen) atoms. The third-order valence-corrected chi connectivity index (χ3v) is 3.98. The van der Waals surface area contributed by atoms with E-state index in [-0.39, 0.29) is 0 Å². The molecule has 0 saturated heterocycles. The highest BCUT2D eigenvalue weighted by Crippen LogP contribution is 2.17. The average molecular weight is 336 g/mol. The van der Waals surface area contributed by atoms with Crippen LogP contribution in [0.15, 0.2) is 76.1 Å². The van der Waals surface area contributed by atoms with Crippen LogP contribution < -0.4 is 11.1 Å². The van der Waals surface area contributed by atoms with Crippen LogP contribution in [0.5, 0.6) is 0 Å². The molecule has 0 bridgehead atoms. The Labute approximate surface area is 145 Å². The van der Waals surface area contributed by atoms with Crippen molar-refractivity contribution >= 4 is 6.03 Å². The number of carbonyl (C=O) groups is 1. The molecule has 0 saturated carbocycles. The fraction of sp³-hybridized carbons (Fsp3) is 0.200. The van der Waals surface area contributed by atoms with E-state index in [1.165, 1.54) is 11.8 Å². The maximum atomic E-state index is 12.3. The summed E-state index contributed by atoms with van der Waals surface area (Å²) in [6.07, 6.45) is 4.09. The highest BCUT2D eigenvalue weighted by Gasteiger charge is 2.16. The minimum Gasteiger partial charge on any atom is -0.415 e. The van der Waals surface area contributed by atoms with Gasteiger partial charge < -0.3 is 9.73 Å². The molecule has 0 aliphatic rings. The first-order chi connectivity index (χ1) is 12.3. The van der Waals surface area contributed by atoms with Crippen LogP contribution in [0.4, 0.5) is 4.79 Å². The number of aromatic nitrogens is 1. The fourth-order valence-corrected chi connectivity index (χ4v) is 2.68. The Morgan fingerprint density at radius 2 is 1.64 bits per heavy atom. The Morgan fingerprint density at radius 3 is 2.36 bits per heavy atom. The van der Waals surface area contributed by atoms with Gasteiger partial charge in [0, 0.05) is 12.1 Å². The molecule has 0 aliphatic carbocycles. The molecule has 1 N–H and O–H groups in total. The average Bonchev–Trinajstić information content (AvgIpc) is 3.04. The second-order valence-electron chi connectivity index (χ2n) is 5.76. The van der Waals surface area contributed by atoms with Crippen molar-refractivity contribution in [3.8, 4) is 11.3 Å². The second kappa shape index (κ2) is 8.15. The Balaban J connectivity index is 1.55. The molecule has 0 fully saturated rings. The summed E-state index contributed by atoms with van der Waals surface area (Å²) in [5, 5.41) is 2.79. The molecule has 3 aromatic rings. The number of aryl methyl sites for hydroxylation is 1. The number of oxazole rings is 1. The summed E-state index contributed by atoms with van der Waals surface area (Å²) in [5.41, 5.74) is 2.49. The lowest BCUT2D eigenvalue weighted by Gasteiger charge is -2.07. The summed E-state index contributed by atoms with van der Waals surface area (Å²) in [6, 6.07) is 19.0. The number of carbonyl (C=O) groups excluding carboxylic acids is 1. The number of amides is 1. The molecule has 5 heteroatoms. The number of rotatable bonds is 6. The molecule has 0 aliphatic heterocycles. The van der Waals surface area contributed by atoms with Crippen molar-refractivity contribution in [3.05, 3.63) is 83.0 Å². The van der Waals surface area contributed by atoms with Crippen LogP contribution in [-0.4, -0.2) is 17.1 Å². The van der Waals surface area contributed by atoms with Crippen molar-refractivity contribution in [2.45, 2.75) is 19.3 Å². The van der Waals surface area contributed by atoms with Gasteiger partial charge in [0.1, 0.15) is 6.26 Å². The largest absolute Gasteiger partial charge is 0.427 e. The molecule has 0 radical (unpaired) electrons. The second-order valence-corrected chi connectivity index (χ2v) is 5.76. The van der Waals surface area contributed by atoms with Crippen molar-refractivity contribution in [1.29, 1.82) is 0 Å². The van der Waals surface area contributed by atoms with Crippen LogP contribution in [-0.2, 0) is 6.42 Å². The van der Waals surface area contributed by atoms with E-state index < -0.39 is 11.8 Å². The number of hydrogen-bond donors (Lipinski definition) is 1. The Morgan fingerprint density at radius 1 is 0.960 bits per heavy atom. The van der Waals surface area contributed by atoms with Crippen LogP contribution in [0.2, 0.25) is 0 Å². The topological polar surface area (TPSA) is 64.2 Å². The van der Waals surface area contributed by atoms with Gasteiger partial charge in [0.25, 0.3) is 0 Å². The summed E-state index contributed by atoms with van der Waals surface area (Å²) in [4.78, 5) is 24.2. The summed E-state index contributed by atoms with van der Waals surface area (Å²) in [6.45, 7) is 0.511. The van der Waals surface area contributed by atoms with Crippen LogP contribution >= 0.6 is 0 Å². The third-order valence-electron chi connectivity index (χ3n) is 3.98. The SMILES string of the molecule is O=C(NCCCCc1ccccc1)n1c(-c2ccccc2)coc1=O. The normalized spacial score (nSPS) is 10.6. The lowest BCUT2D eigenvalue weighted by atomic mass is 10.1. The highest BCUT2D eigenvalue weighted by molar-refractivity contribution is 5.81. The van der Waals surface area contributed by atoms with Crippen LogP contribution in [0.25, 0.3) is 11.3 Å². The predicted octanol–water partition coefficient (Wildman–Crippen LogP) is 3.69. The number of unbranched alkanes of at least 4 members (excludes halogenated alkanes) is 1. The fourth-order valence-electron chi connectivity index (χ4n) is 2.68. The maximum absolute atomic E-state index is 12.3. The maximum Gasteiger partial charge on any atom is 0.427 e. The van der Waals surface area contributed by atoms with Gasteiger partial charge in [-0.25, -0.2) is 9.59 Å². The summed E-state index contributed by atoms with van der Waals surface area (Å²) in [5.74, 6) is -0.680. The molecule has 1 aromatic heterocycles. The molecule has 5 nitrogen and oxygen atoms in total. The van der Waals surface area contributed by atoms with E-state index in [1.807, 2.05) is 48.5 Å². The summed E-state index contributed by atoms with van der Waals surface area (Å²) >= 11 is 0. The first-order valence-electron chi connectivity index (χ1n) is 8.34. The molecule has 1 amide bonds. The summed E-state index contributed by atoms with van der Waals surface area (Å²) < 4.78 is 5.94. The van der Waals surface area contributed by atoms with E-state index in [0.29, 0.717) is 12.2 Å². The molecule has 128 valence electrons. The van der Waals surface area contributed by atoms with E-state index in [0.717, 1.165) is 29.4 Å². The quantitative estimate of drug-likeness (QED) is 0.698. The van der Waals surface area contributed by atoms with Crippen molar-refractivity contribution < 1.29 is 9.21 Å². The van der Waals surface area contributed by atoms with Crippen LogP contribution in [0.3, 0.4) is 0 Å². The first-order valence-corrected chi connectivity index (χ1v) is 8.34. The van der Waals surface area contributed by atoms with Gasteiger partial charge in [-0.15, -0.1) is 0 Å². The minimum absolute atomic E-state index is 0.451. The number of nitrogens with zero attached hydrogens (tertiary/aromatic N) is 1. The van der Waals surface area contributed by atoms with Crippen molar-refractivity contribution in [2.75, 3.05) is 6.54 Å². The highest BCUT2D eigenvalue weighted by atomic mass is 16.4. The molecule has 0 atom stereocenters. The van der Waals surface area contributed by atoms with E-state index in [9.17, 15) is 9.59 Å². The zero-order valence-electron chi connectivity index (χ0n) is 13.9. The summed E-state index contributed by atoms with van der Waals surface area (Å²) in [7, 11) is 0. The lowest BCUT2D eigenvalue weighted by Crippen LogP contribution is -2.35. The van der Waals surface area contributed by atoms with E-state index in [1.54, 1.807) is 0 Å². The molecule has 3 rings (SSSR count). The minimum atomic E-state index is -0.680. The van der Waals surface area contributed by atoms with Crippen molar-refractivity contribution in [3.63, 3.8) is 0 Å². The van der Waals surface area contributed by atoms with Gasteiger partial charge in [-0.2, -0.15) is 4.57 Å². The van der Waals surface area contributed by atoms with Gasteiger partial charge in [0.15, 0.2) is 0 Å². The van der Waals surface area contributed by atoms with E-state index in [2.05, 4.69) is 17.4 Å². The van der Waals surface area contributed by atoms with Crippen molar-refractivity contribution in [2.24, 2.45) is 0 Å². The first kappa shape index (κ1) is 16.8. The smallest absolute Gasteiger partial charge is 0.415 e. The Hall–Kier alpha value is -3.08. The van der Waals surface area contributed by atoms with Crippen LogP contribution in [0.1, 0.15) is 18.4 Å². The standard InChI is InChI=1S/C20H20N2O3/c23-19(21-14-8-7-11-16-9-3-1-4-10-16)22-18(15-25-20(22)24)17-12-5-2-6-13-17/h1-6,9-10,12-13,15H,7-8,11,14H2,(H,21,23). The van der Waals surface area contributed by atoms with E-state index >= 15 is 0 Å². The third kappa shape index (κ3) is 4.26.